The maximum atomic E-state index is 12.6. The van der Waals surface area contributed by atoms with E-state index in [-0.39, 0.29) is 5.78 Å². The van der Waals surface area contributed by atoms with Crippen molar-refractivity contribution < 1.29 is 4.79 Å². The van der Waals surface area contributed by atoms with Gasteiger partial charge in [0, 0.05) is 16.3 Å². The smallest absolute Gasteiger partial charge is 0.203 e. The summed E-state index contributed by atoms with van der Waals surface area (Å²) >= 11 is 1.46. The Morgan fingerprint density at radius 3 is 2.59 bits per heavy atom. The number of pyridine rings is 1. The predicted octanol–water partition coefficient (Wildman–Crippen LogP) is 4.99. The summed E-state index contributed by atoms with van der Waals surface area (Å²) < 4.78 is 0. The molecule has 0 radical (unpaired) electrons. The molecule has 0 bridgehead atoms. The van der Waals surface area contributed by atoms with Crippen molar-refractivity contribution in [1.29, 1.82) is 0 Å². The molecule has 0 fully saturated rings. The maximum Gasteiger partial charge on any atom is 0.203 e. The molecule has 22 heavy (non-hydrogen) atoms. The van der Waals surface area contributed by atoms with E-state index in [0.717, 1.165) is 37.1 Å². The number of rotatable bonds is 2. The van der Waals surface area contributed by atoms with Crippen molar-refractivity contribution >= 4 is 38.2 Å². The van der Waals surface area contributed by atoms with Crippen LogP contribution in [-0.2, 0) is 0 Å². The van der Waals surface area contributed by atoms with Crippen LogP contribution in [0.2, 0.25) is 0 Å². The molecule has 2 nitrogen and oxygen atoms in total. The van der Waals surface area contributed by atoms with Crippen molar-refractivity contribution in [3.63, 3.8) is 0 Å². The average Bonchev–Trinajstić information content (AvgIpc) is 2.96. The molecule has 0 aliphatic heterocycles. The molecular weight excluding hydrogens is 290 g/mol. The third-order valence-electron chi connectivity index (χ3n) is 3.79. The van der Waals surface area contributed by atoms with Gasteiger partial charge in [0.05, 0.1) is 10.4 Å². The van der Waals surface area contributed by atoms with E-state index >= 15 is 0 Å². The van der Waals surface area contributed by atoms with Crippen LogP contribution in [0, 0.1) is 6.92 Å². The van der Waals surface area contributed by atoms with Crippen molar-refractivity contribution in [1.82, 2.24) is 4.98 Å². The number of aromatic nitrogens is 1. The van der Waals surface area contributed by atoms with Crippen LogP contribution in [0.3, 0.4) is 0 Å². The van der Waals surface area contributed by atoms with Gasteiger partial charge in [0.15, 0.2) is 0 Å². The Labute approximate surface area is 132 Å². The monoisotopic (exact) mass is 303 g/mol. The first-order valence-electron chi connectivity index (χ1n) is 7.12. The van der Waals surface area contributed by atoms with E-state index in [1.165, 1.54) is 11.3 Å². The second kappa shape index (κ2) is 5.04. The predicted molar refractivity (Wildman–Crippen MR) is 91.7 cm³/mol. The number of para-hydroxylation sites is 1. The van der Waals surface area contributed by atoms with Gasteiger partial charge in [-0.2, -0.15) is 0 Å². The number of nitrogens with zero attached hydrogens (tertiary/aromatic N) is 1. The number of benzene rings is 2. The van der Waals surface area contributed by atoms with Gasteiger partial charge in [-0.3, -0.25) is 4.79 Å². The number of carbonyl (C=O) groups excluding carboxylic acids is 1. The average molecular weight is 303 g/mol. The number of aryl methyl sites for hydroxylation is 1. The van der Waals surface area contributed by atoms with E-state index < -0.39 is 0 Å². The van der Waals surface area contributed by atoms with Crippen molar-refractivity contribution in [3.8, 4) is 0 Å². The molecule has 4 rings (SSSR count). The van der Waals surface area contributed by atoms with E-state index in [1.54, 1.807) is 0 Å². The number of thiophene rings is 1. The SMILES string of the molecule is Cc1cccc2cc3cc(C(=O)c4ccccc4)sc3nc12. The van der Waals surface area contributed by atoms with Crippen LogP contribution in [0.25, 0.3) is 21.1 Å². The summed E-state index contributed by atoms with van der Waals surface area (Å²) in [5, 5.41) is 2.14. The van der Waals surface area contributed by atoms with Gasteiger partial charge in [-0.1, -0.05) is 48.5 Å². The maximum absolute atomic E-state index is 12.6. The Bertz CT molecular complexity index is 1000. The third kappa shape index (κ3) is 2.11. The molecule has 0 unspecified atom stereocenters. The molecule has 106 valence electrons. The Morgan fingerprint density at radius 2 is 1.77 bits per heavy atom. The molecular formula is C19H13NOS. The van der Waals surface area contributed by atoms with E-state index in [0.29, 0.717) is 0 Å². The number of hydrogen-bond donors (Lipinski definition) is 0. The van der Waals surface area contributed by atoms with Gasteiger partial charge in [-0.05, 0) is 24.6 Å². The first-order chi connectivity index (χ1) is 10.7. The lowest BCUT2D eigenvalue weighted by molar-refractivity contribution is 0.104. The van der Waals surface area contributed by atoms with Crippen LogP contribution < -0.4 is 0 Å². The topological polar surface area (TPSA) is 30.0 Å². The fourth-order valence-electron chi connectivity index (χ4n) is 2.65. The molecule has 2 aromatic heterocycles. The zero-order valence-corrected chi connectivity index (χ0v) is 12.9. The lowest BCUT2D eigenvalue weighted by Gasteiger charge is -2.00. The number of hydrogen-bond acceptors (Lipinski definition) is 3. The molecule has 3 heteroatoms. The van der Waals surface area contributed by atoms with Crippen LogP contribution >= 0.6 is 11.3 Å². The summed E-state index contributed by atoms with van der Waals surface area (Å²) in [5.41, 5.74) is 2.88. The van der Waals surface area contributed by atoms with Crippen molar-refractivity contribution in [3.05, 3.63) is 76.7 Å². The molecule has 0 atom stereocenters. The lowest BCUT2D eigenvalue weighted by Crippen LogP contribution is -1.97. The molecule has 4 aromatic rings. The summed E-state index contributed by atoms with van der Waals surface area (Å²) in [6, 6.07) is 19.6. The molecule has 0 saturated heterocycles. The first kappa shape index (κ1) is 13.2. The summed E-state index contributed by atoms with van der Waals surface area (Å²) in [5.74, 6) is 0.0596. The highest BCUT2D eigenvalue weighted by Gasteiger charge is 2.13. The second-order valence-corrected chi connectivity index (χ2v) is 6.37. The largest absolute Gasteiger partial charge is 0.288 e. The number of carbonyl (C=O) groups is 1. The van der Waals surface area contributed by atoms with Gasteiger partial charge in [0.2, 0.25) is 5.78 Å². The Balaban J connectivity index is 1.89. The molecule has 2 heterocycles. The van der Waals surface area contributed by atoms with Gasteiger partial charge in [-0.25, -0.2) is 4.98 Å². The highest BCUT2D eigenvalue weighted by atomic mass is 32.1. The standard InChI is InChI=1S/C19H13NOS/c1-12-6-5-9-14-10-15-11-16(22-19(15)20-17(12)14)18(21)13-7-3-2-4-8-13/h2-11H,1H3. The second-order valence-electron chi connectivity index (χ2n) is 5.34. The van der Waals surface area contributed by atoms with E-state index in [9.17, 15) is 4.79 Å². The fourth-order valence-corrected chi connectivity index (χ4v) is 3.63. The normalized spacial score (nSPS) is 11.1. The van der Waals surface area contributed by atoms with Gasteiger partial charge in [0.1, 0.15) is 4.83 Å². The molecule has 0 aliphatic rings. The fraction of sp³-hybridized carbons (Fsp3) is 0.0526. The van der Waals surface area contributed by atoms with Gasteiger partial charge in [-0.15, -0.1) is 11.3 Å². The van der Waals surface area contributed by atoms with Gasteiger partial charge < -0.3 is 0 Å². The third-order valence-corrected chi connectivity index (χ3v) is 4.84. The Hall–Kier alpha value is -2.52. The minimum atomic E-state index is 0.0596. The molecule has 0 spiro atoms. The molecule has 2 aromatic carbocycles. The first-order valence-corrected chi connectivity index (χ1v) is 7.94. The van der Waals surface area contributed by atoms with Crippen LogP contribution in [0.4, 0.5) is 0 Å². The van der Waals surface area contributed by atoms with Crippen LogP contribution in [-0.4, -0.2) is 10.8 Å². The Morgan fingerprint density at radius 1 is 0.955 bits per heavy atom. The summed E-state index contributed by atoms with van der Waals surface area (Å²) in [6.45, 7) is 2.06. The molecule has 0 amide bonds. The minimum Gasteiger partial charge on any atom is -0.288 e. The summed E-state index contributed by atoms with van der Waals surface area (Å²) in [6.07, 6.45) is 0. The zero-order valence-electron chi connectivity index (χ0n) is 12.0. The number of fused-ring (bicyclic) bond motifs is 2. The van der Waals surface area contributed by atoms with E-state index in [1.807, 2.05) is 42.5 Å². The van der Waals surface area contributed by atoms with E-state index in [2.05, 4.69) is 25.1 Å². The van der Waals surface area contributed by atoms with Crippen molar-refractivity contribution in [2.75, 3.05) is 0 Å². The van der Waals surface area contributed by atoms with Crippen molar-refractivity contribution in [2.45, 2.75) is 6.92 Å². The molecule has 0 aliphatic carbocycles. The minimum absolute atomic E-state index is 0.0596. The molecule has 0 saturated carbocycles. The van der Waals surface area contributed by atoms with Gasteiger partial charge in [0.25, 0.3) is 0 Å². The quantitative estimate of drug-likeness (QED) is 0.488. The van der Waals surface area contributed by atoms with Crippen LogP contribution in [0.15, 0.2) is 60.7 Å². The number of ketones is 1. The van der Waals surface area contributed by atoms with Gasteiger partial charge >= 0.3 is 0 Å². The Kier molecular flexibility index (Phi) is 3.01. The van der Waals surface area contributed by atoms with E-state index in [4.69, 9.17) is 4.98 Å². The molecule has 0 N–H and O–H groups in total. The summed E-state index contributed by atoms with van der Waals surface area (Å²) in [4.78, 5) is 19.0. The highest BCUT2D eigenvalue weighted by Crippen LogP contribution is 2.29. The van der Waals surface area contributed by atoms with Crippen LogP contribution in [0.5, 0.6) is 0 Å². The lowest BCUT2D eigenvalue weighted by atomic mass is 10.1. The van der Waals surface area contributed by atoms with Crippen LogP contribution in [0.1, 0.15) is 20.8 Å². The zero-order chi connectivity index (χ0) is 15.1. The van der Waals surface area contributed by atoms with Crippen molar-refractivity contribution in [2.24, 2.45) is 0 Å². The summed E-state index contributed by atoms with van der Waals surface area (Å²) in [7, 11) is 0. The highest BCUT2D eigenvalue weighted by molar-refractivity contribution is 7.20.